The Morgan fingerprint density at radius 3 is 2.03 bits per heavy atom. The van der Waals surface area contributed by atoms with E-state index in [-0.39, 0.29) is 42.7 Å². The molecule has 5 nitrogen and oxygen atoms in total. The van der Waals surface area contributed by atoms with Gasteiger partial charge in [0.25, 0.3) is 5.91 Å². The fraction of sp³-hybridized carbons (Fsp3) is 0.0800. The molecule has 12 heteroatoms. The molecule has 0 atom stereocenters. The number of anilines is 1. The third kappa shape index (κ3) is 5.95. The van der Waals surface area contributed by atoms with Gasteiger partial charge < -0.3 is 15.2 Å². The number of carboxylic acid groups (broad SMARTS) is 1. The molecule has 0 fully saturated rings. The minimum absolute atomic E-state index is 0. The number of halogens is 6. The number of fused-ring (bicyclic) bond motifs is 1. The summed E-state index contributed by atoms with van der Waals surface area (Å²) in [7, 11) is 0. The van der Waals surface area contributed by atoms with Crippen LogP contribution in [0.5, 0.6) is 0 Å². The SMILES string of the molecule is O=C(Nc1ccc(-c2cccc3cccnc23)cc1C(=O)[O-])c1cc(C(F)(F)F)cc(C(F)(F)F)c1.[Li+]. The molecule has 1 N–H and O–H groups in total. The molecule has 0 unspecified atom stereocenters. The number of amides is 1. The van der Waals surface area contributed by atoms with Gasteiger partial charge in [0.05, 0.1) is 28.3 Å². The first-order valence-electron chi connectivity index (χ1n) is 10.1. The molecule has 37 heavy (non-hydrogen) atoms. The number of benzene rings is 3. The summed E-state index contributed by atoms with van der Waals surface area (Å²) in [5.41, 5.74) is -3.72. The van der Waals surface area contributed by atoms with Crippen molar-refractivity contribution in [3.63, 3.8) is 0 Å². The molecular formula is C25H13F6LiN2O3. The average molecular weight is 510 g/mol. The van der Waals surface area contributed by atoms with Gasteiger partial charge in [-0.3, -0.25) is 9.78 Å². The van der Waals surface area contributed by atoms with Gasteiger partial charge >= 0.3 is 31.2 Å². The van der Waals surface area contributed by atoms with Crippen molar-refractivity contribution >= 4 is 28.5 Å². The second-order valence-corrected chi connectivity index (χ2v) is 7.68. The number of carbonyl (C=O) groups excluding carboxylic acids is 2. The monoisotopic (exact) mass is 510 g/mol. The van der Waals surface area contributed by atoms with Crippen LogP contribution in [0.2, 0.25) is 0 Å². The predicted octanol–water partition coefficient (Wildman–Crippen LogP) is 2.56. The zero-order valence-electron chi connectivity index (χ0n) is 18.9. The van der Waals surface area contributed by atoms with E-state index >= 15 is 0 Å². The molecule has 0 spiro atoms. The number of para-hydroxylation sites is 1. The van der Waals surface area contributed by atoms with Crippen molar-refractivity contribution in [2.75, 3.05) is 5.32 Å². The molecule has 1 amide bonds. The van der Waals surface area contributed by atoms with E-state index in [0.717, 1.165) is 5.39 Å². The fourth-order valence-corrected chi connectivity index (χ4v) is 3.61. The summed E-state index contributed by atoms with van der Waals surface area (Å²) >= 11 is 0. The first-order valence-corrected chi connectivity index (χ1v) is 10.1. The maximum Gasteiger partial charge on any atom is 1.00 e. The smallest absolute Gasteiger partial charge is 0.545 e. The Balaban J connectivity index is 0.00000380. The molecule has 0 saturated carbocycles. The van der Waals surface area contributed by atoms with Crippen molar-refractivity contribution in [3.05, 3.63) is 95.2 Å². The zero-order chi connectivity index (χ0) is 26.3. The van der Waals surface area contributed by atoms with Crippen LogP contribution in [0.25, 0.3) is 22.0 Å². The molecule has 4 aromatic rings. The van der Waals surface area contributed by atoms with Gasteiger partial charge in [0.2, 0.25) is 0 Å². The van der Waals surface area contributed by atoms with Crippen LogP contribution in [-0.2, 0) is 12.4 Å². The number of carbonyl (C=O) groups is 2. The quantitative estimate of drug-likeness (QED) is 0.338. The number of hydrogen-bond donors (Lipinski definition) is 1. The second kappa shape index (κ2) is 10.3. The summed E-state index contributed by atoms with van der Waals surface area (Å²) in [6.07, 6.45) is -8.76. The molecule has 0 saturated heterocycles. The van der Waals surface area contributed by atoms with Gasteiger partial charge in [-0.1, -0.05) is 30.3 Å². The van der Waals surface area contributed by atoms with Gasteiger partial charge in [-0.15, -0.1) is 0 Å². The normalized spacial score (nSPS) is 11.6. The van der Waals surface area contributed by atoms with E-state index in [0.29, 0.717) is 16.6 Å². The van der Waals surface area contributed by atoms with Crippen molar-refractivity contribution < 1.29 is 59.9 Å². The Kier molecular flexibility index (Phi) is 7.71. The second-order valence-electron chi connectivity index (χ2n) is 7.68. The van der Waals surface area contributed by atoms with E-state index in [1.165, 1.54) is 18.2 Å². The Hall–Kier alpha value is -3.81. The molecule has 1 heterocycles. The third-order valence-electron chi connectivity index (χ3n) is 5.28. The maximum absolute atomic E-state index is 13.1. The van der Waals surface area contributed by atoms with Crippen LogP contribution < -0.4 is 29.3 Å². The molecule has 4 rings (SSSR count). The van der Waals surface area contributed by atoms with Crippen molar-refractivity contribution in [1.82, 2.24) is 4.98 Å². The number of pyridine rings is 1. The Labute approximate surface area is 217 Å². The number of aromatic carboxylic acids is 1. The maximum atomic E-state index is 13.1. The van der Waals surface area contributed by atoms with Gasteiger partial charge in [-0.05, 0) is 42.0 Å². The number of nitrogens with one attached hydrogen (secondary N) is 1. The van der Waals surface area contributed by atoms with E-state index in [4.69, 9.17) is 0 Å². The molecule has 184 valence electrons. The van der Waals surface area contributed by atoms with Gasteiger partial charge in [0.1, 0.15) is 0 Å². The molecule has 0 aliphatic carbocycles. The fourth-order valence-electron chi connectivity index (χ4n) is 3.61. The number of alkyl halides is 6. The summed E-state index contributed by atoms with van der Waals surface area (Å²) in [6, 6.07) is 12.9. The summed E-state index contributed by atoms with van der Waals surface area (Å²) < 4.78 is 78.7. The van der Waals surface area contributed by atoms with Crippen LogP contribution in [0.15, 0.2) is 72.9 Å². The van der Waals surface area contributed by atoms with E-state index in [1.54, 1.807) is 36.5 Å². The van der Waals surface area contributed by atoms with Crippen molar-refractivity contribution in [1.29, 1.82) is 0 Å². The number of nitrogens with zero attached hydrogens (tertiary/aromatic N) is 1. The van der Waals surface area contributed by atoms with Crippen LogP contribution in [-0.4, -0.2) is 16.9 Å². The Morgan fingerprint density at radius 2 is 1.43 bits per heavy atom. The van der Waals surface area contributed by atoms with Crippen molar-refractivity contribution in [2.24, 2.45) is 0 Å². The first-order chi connectivity index (χ1) is 16.8. The molecule has 0 aliphatic rings. The van der Waals surface area contributed by atoms with Gasteiger partial charge in [-0.2, -0.15) is 26.3 Å². The summed E-state index contributed by atoms with van der Waals surface area (Å²) in [6.45, 7) is 0. The summed E-state index contributed by atoms with van der Waals surface area (Å²) in [5.74, 6) is -3.09. The average Bonchev–Trinajstić information content (AvgIpc) is 2.82. The summed E-state index contributed by atoms with van der Waals surface area (Å²) in [5, 5.41) is 14.6. The largest absolute Gasteiger partial charge is 1.00 e. The van der Waals surface area contributed by atoms with Crippen LogP contribution in [0, 0.1) is 0 Å². The number of hydrogen-bond acceptors (Lipinski definition) is 4. The van der Waals surface area contributed by atoms with Crippen LogP contribution in [0.3, 0.4) is 0 Å². The van der Waals surface area contributed by atoms with Crippen LogP contribution >= 0.6 is 0 Å². The van der Waals surface area contributed by atoms with Crippen molar-refractivity contribution in [3.8, 4) is 11.1 Å². The minimum Gasteiger partial charge on any atom is -0.545 e. The van der Waals surface area contributed by atoms with E-state index in [2.05, 4.69) is 10.3 Å². The van der Waals surface area contributed by atoms with Gasteiger partial charge in [0, 0.05) is 28.3 Å². The van der Waals surface area contributed by atoms with Gasteiger partial charge in [-0.25, -0.2) is 0 Å². The van der Waals surface area contributed by atoms with Crippen LogP contribution in [0.4, 0.5) is 32.0 Å². The molecule has 3 aromatic carbocycles. The topological polar surface area (TPSA) is 82.1 Å². The van der Waals surface area contributed by atoms with Crippen molar-refractivity contribution in [2.45, 2.75) is 12.4 Å². The zero-order valence-corrected chi connectivity index (χ0v) is 18.9. The molecule has 1 aromatic heterocycles. The third-order valence-corrected chi connectivity index (χ3v) is 5.28. The van der Waals surface area contributed by atoms with Gasteiger partial charge in [0.15, 0.2) is 0 Å². The first kappa shape index (κ1) is 27.8. The predicted molar refractivity (Wildman–Crippen MR) is 116 cm³/mol. The molecule has 0 radical (unpaired) electrons. The minimum atomic E-state index is -5.15. The van der Waals surface area contributed by atoms with Crippen LogP contribution in [0.1, 0.15) is 31.8 Å². The Morgan fingerprint density at radius 1 is 0.811 bits per heavy atom. The Bertz CT molecular complexity index is 1460. The number of aromatic nitrogens is 1. The standard InChI is InChI=1S/C25H14F6N2O3.Li/c26-24(27,28)16-9-15(10-17(12-16)25(29,30)31)22(34)33-20-7-6-14(11-19(20)23(35)36)18-5-1-3-13-4-2-8-32-21(13)18;/h1-12H,(H,33,34)(H,35,36);/q;+1/p-1. The number of carboxylic acids is 1. The molecular weight excluding hydrogens is 497 g/mol. The van der Waals surface area contributed by atoms with E-state index in [1.807, 2.05) is 0 Å². The number of rotatable bonds is 4. The summed E-state index contributed by atoms with van der Waals surface area (Å²) in [4.78, 5) is 28.7. The molecule has 0 aliphatic heterocycles. The molecule has 0 bridgehead atoms. The van der Waals surface area contributed by atoms with E-state index < -0.39 is 46.5 Å². The van der Waals surface area contributed by atoms with E-state index in [9.17, 15) is 41.0 Å².